The van der Waals surface area contributed by atoms with Crippen molar-refractivity contribution in [3.05, 3.63) is 54.1 Å². The van der Waals surface area contributed by atoms with E-state index in [9.17, 15) is 13.6 Å². The van der Waals surface area contributed by atoms with Crippen LogP contribution in [0, 0.1) is 11.6 Å². The summed E-state index contributed by atoms with van der Waals surface area (Å²) >= 11 is 0. The first kappa shape index (κ1) is 25.6. The van der Waals surface area contributed by atoms with E-state index in [1.54, 1.807) is 19.2 Å². The van der Waals surface area contributed by atoms with Gasteiger partial charge in [0.25, 0.3) is 0 Å². The maximum absolute atomic E-state index is 14.0. The highest BCUT2D eigenvalue weighted by Crippen LogP contribution is 2.22. The van der Waals surface area contributed by atoms with Gasteiger partial charge in [-0.05, 0) is 24.3 Å². The molecular formula is C22H28F2IN5O2. The first-order valence-corrected chi connectivity index (χ1v) is 10.1. The Hall–Kier alpha value is -2.63. The molecule has 1 aliphatic heterocycles. The van der Waals surface area contributed by atoms with Crippen LogP contribution >= 0.6 is 24.0 Å². The summed E-state index contributed by atoms with van der Waals surface area (Å²) in [7, 11) is 1.71. The van der Waals surface area contributed by atoms with Crippen LogP contribution in [0.5, 0.6) is 5.75 Å². The number of aliphatic imine (C=N–C) groups is 1. The molecule has 0 aromatic heterocycles. The van der Waals surface area contributed by atoms with Crippen LogP contribution < -0.4 is 20.3 Å². The van der Waals surface area contributed by atoms with E-state index >= 15 is 0 Å². The number of nitrogens with zero attached hydrogens (tertiary/aromatic N) is 3. The van der Waals surface area contributed by atoms with Gasteiger partial charge in [-0.2, -0.15) is 0 Å². The van der Waals surface area contributed by atoms with Crippen molar-refractivity contribution in [2.75, 3.05) is 56.6 Å². The molecule has 0 spiro atoms. The van der Waals surface area contributed by atoms with Crippen LogP contribution in [0.3, 0.4) is 0 Å². The van der Waals surface area contributed by atoms with Crippen LogP contribution in [0.25, 0.3) is 0 Å². The van der Waals surface area contributed by atoms with E-state index in [1.165, 1.54) is 13.0 Å². The van der Waals surface area contributed by atoms with E-state index < -0.39 is 11.6 Å². The number of carbonyl (C=O) groups is 1. The Balaban J connectivity index is 0.00000363. The zero-order chi connectivity index (χ0) is 22.2. The average Bonchev–Trinajstić information content (AvgIpc) is 2.76. The summed E-state index contributed by atoms with van der Waals surface area (Å²) < 4.78 is 33.2. The lowest BCUT2D eigenvalue weighted by Crippen LogP contribution is -2.53. The Labute approximate surface area is 203 Å². The van der Waals surface area contributed by atoms with Crippen molar-refractivity contribution in [3.8, 4) is 5.75 Å². The van der Waals surface area contributed by atoms with Gasteiger partial charge in [-0.25, -0.2) is 8.78 Å². The number of benzene rings is 2. The fraction of sp³-hybridized carbons (Fsp3) is 0.364. The van der Waals surface area contributed by atoms with E-state index in [-0.39, 0.29) is 35.6 Å². The number of anilines is 2. The van der Waals surface area contributed by atoms with Crippen LogP contribution in [0.4, 0.5) is 20.2 Å². The lowest BCUT2D eigenvalue weighted by molar-refractivity contribution is -0.114. The first-order chi connectivity index (χ1) is 15.0. The molecule has 0 radical (unpaired) electrons. The van der Waals surface area contributed by atoms with Crippen molar-refractivity contribution in [3.63, 3.8) is 0 Å². The van der Waals surface area contributed by atoms with E-state index in [0.29, 0.717) is 50.8 Å². The Morgan fingerprint density at radius 3 is 2.56 bits per heavy atom. The van der Waals surface area contributed by atoms with Gasteiger partial charge in [0.2, 0.25) is 5.91 Å². The molecule has 1 fully saturated rings. The fourth-order valence-corrected chi connectivity index (χ4v) is 3.42. The zero-order valence-corrected chi connectivity index (χ0v) is 20.4. The molecule has 0 saturated carbocycles. The zero-order valence-electron chi connectivity index (χ0n) is 18.1. The Morgan fingerprint density at radius 1 is 1.12 bits per heavy atom. The van der Waals surface area contributed by atoms with Gasteiger partial charge in [-0.1, -0.05) is 6.07 Å². The third kappa shape index (κ3) is 7.21. The van der Waals surface area contributed by atoms with Gasteiger partial charge in [-0.3, -0.25) is 9.79 Å². The normalized spacial score (nSPS) is 13.9. The molecule has 0 unspecified atom stereocenters. The minimum absolute atomic E-state index is 0. The van der Waals surface area contributed by atoms with Crippen molar-refractivity contribution in [2.45, 2.75) is 6.92 Å². The molecular weight excluding hydrogens is 531 g/mol. The number of hydrogen-bond donors (Lipinski definition) is 2. The van der Waals surface area contributed by atoms with E-state index in [4.69, 9.17) is 4.74 Å². The molecule has 0 atom stereocenters. The second-order valence-electron chi connectivity index (χ2n) is 7.10. The van der Waals surface area contributed by atoms with E-state index in [1.807, 2.05) is 17.0 Å². The molecule has 2 aromatic rings. The van der Waals surface area contributed by atoms with Crippen molar-refractivity contribution in [1.82, 2.24) is 10.2 Å². The SMILES string of the molecule is CN=C(NCCOc1cccc(NC(C)=O)c1)N1CCN(c2cc(F)ccc2F)CC1.I. The highest BCUT2D eigenvalue weighted by molar-refractivity contribution is 14.0. The molecule has 3 rings (SSSR count). The molecule has 1 aliphatic rings. The molecule has 2 N–H and O–H groups in total. The maximum Gasteiger partial charge on any atom is 0.221 e. The Bertz CT molecular complexity index is 936. The van der Waals surface area contributed by atoms with Crippen LogP contribution in [0.2, 0.25) is 0 Å². The number of ether oxygens (including phenoxy) is 1. The van der Waals surface area contributed by atoms with Crippen molar-refractivity contribution in [2.24, 2.45) is 4.99 Å². The molecule has 0 bridgehead atoms. The number of nitrogens with one attached hydrogen (secondary N) is 2. The largest absolute Gasteiger partial charge is 0.492 e. The molecule has 0 aliphatic carbocycles. The fourth-order valence-electron chi connectivity index (χ4n) is 3.42. The molecule has 10 heteroatoms. The van der Waals surface area contributed by atoms with Gasteiger partial charge in [0.15, 0.2) is 5.96 Å². The topological polar surface area (TPSA) is 69.2 Å². The minimum atomic E-state index is -0.445. The molecule has 1 saturated heterocycles. The van der Waals surface area contributed by atoms with Crippen molar-refractivity contribution >= 4 is 47.2 Å². The Kier molecular flexibility index (Phi) is 9.95. The summed E-state index contributed by atoms with van der Waals surface area (Å²) in [6.45, 7) is 4.80. The lowest BCUT2D eigenvalue weighted by atomic mass is 10.2. The quantitative estimate of drug-likeness (QED) is 0.246. The van der Waals surface area contributed by atoms with Crippen molar-refractivity contribution < 1.29 is 18.3 Å². The summed E-state index contributed by atoms with van der Waals surface area (Å²) in [6.07, 6.45) is 0. The average molecular weight is 559 g/mol. The Morgan fingerprint density at radius 2 is 1.88 bits per heavy atom. The van der Waals surface area contributed by atoms with Gasteiger partial charge in [-0.15, -0.1) is 24.0 Å². The van der Waals surface area contributed by atoms with Gasteiger partial charge < -0.3 is 25.2 Å². The summed E-state index contributed by atoms with van der Waals surface area (Å²) in [5.41, 5.74) is 0.971. The number of carbonyl (C=O) groups excluding carboxylic acids is 1. The smallest absolute Gasteiger partial charge is 0.221 e. The summed E-state index contributed by atoms with van der Waals surface area (Å²) in [4.78, 5) is 19.4. The predicted octanol–water partition coefficient (Wildman–Crippen LogP) is 3.32. The standard InChI is InChI=1S/C22H27F2N5O2.HI/c1-16(30)27-18-4-3-5-19(15-18)31-13-8-26-22(25-2)29-11-9-28(10-12-29)21-14-17(23)6-7-20(21)24;/h3-7,14-15H,8-13H2,1-2H3,(H,25,26)(H,27,30);1H. The summed E-state index contributed by atoms with van der Waals surface area (Å²) in [5, 5.41) is 5.98. The monoisotopic (exact) mass is 559 g/mol. The number of piperazine rings is 1. The molecule has 1 heterocycles. The number of hydrogen-bond acceptors (Lipinski definition) is 4. The molecule has 2 aromatic carbocycles. The molecule has 7 nitrogen and oxygen atoms in total. The van der Waals surface area contributed by atoms with Gasteiger partial charge in [0.05, 0.1) is 12.2 Å². The maximum atomic E-state index is 14.0. The van der Waals surface area contributed by atoms with Crippen LogP contribution in [0.1, 0.15) is 6.92 Å². The second kappa shape index (κ2) is 12.4. The predicted molar refractivity (Wildman–Crippen MR) is 133 cm³/mol. The van der Waals surface area contributed by atoms with E-state index in [2.05, 4.69) is 20.5 Å². The van der Waals surface area contributed by atoms with Gasteiger partial charge in [0.1, 0.15) is 24.0 Å². The first-order valence-electron chi connectivity index (χ1n) is 10.1. The van der Waals surface area contributed by atoms with E-state index in [0.717, 1.165) is 18.1 Å². The minimum Gasteiger partial charge on any atom is -0.492 e. The number of guanidine groups is 1. The van der Waals surface area contributed by atoms with Crippen LogP contribution in [-0.4, -0.2) is 63.1 Å². The number of amides is 1. The second-order valence-corrected chi connectivity index (χ2v) is 7.10. The number of rotatable bonds is 6. The van der Waals surface area contributed by atoms with Crippen LogP contribution in [0.15, 0.2) is 47.5 Å². The lowest BCUT2D eigenvalue weighted by Gasteiger charge is -2.37. The third-order valence-corrected chi connectivity index (χ3v) is 4.85. The summed E-state index contributed by atoms with van der Waals surface area (Å²) in [6, 6.07) is 10.7. The number of halogens is 3. The van der Waals surface area contributed by atoms with Gasteiger partial charge >= 0.3 is 0 Å². The highest BCUT2D eigenvalue weighted by atomic mass is 127. The highest BCUT2D eigenvalue weighted by Gasteiger charge is 2.22. The molecule has 174 valence electrons. The van der Waals surface area contributed by atoms with Crippen LogP contribution in [-0.2, 0) is 4.79 Å². The van der Waals surface area contributed by atoms with Gasteiger partial charge in [0, 0.05) is 58.0 Å². The van der Waals surface area contributed by atoms with Crippen molar-refractivity contribution in [1.29, 1.82) is 0 Å². The summed E-state index contributed by atoms with van der Waals surface area (Å²) in [5.74, 6) is 0.391. The third-order valence-electron chi connectivity index (χ3n) is 4.85. The molecule has 1 amide bonds. The molecule has 32 heavy (non-hydrogen) atoms.